The summed E-state index contributed by atoms with van der Waals surface area (Å²) >= 11 is 0. The highest BCUT2D eigenvalue weighted by molar-refractivity contribution is 5.94. The van der Waals surface area contributed by atoms with Gasteiger partial charge in [0.15, 0.2) is 11.6 Å². The molecule has 29 heavy (non-hydrogen) atoms. The van der Waals surface area contributed by atoms with E-state index in [0.717, 1.165) is 12.1 Å². The number of pyridine rings is 2. The molecule has 1 atom stereocenters. The van der Waals surface area contributed by atoms with Gasteiger partial charge in [0.1, 0.15) is 11.5 Å². The number of hydrogen-bond acceptors (Lipinski definition) is 4. The van der Waals surface area contributed by atoms with Gasteiger partial charge in [0.25, 0.3) is 11.5 Å². The number of ether oxygens (including phenoxy) is 1. The molecule has 150 valence electrons. The molecule has 0 unspecified atom stereocenters. The van der Waals surface area contributed by atoms with Crippen molar-refractivity contribution in [1.82, 2.24) is 15.3 Å². The Kier molecular flexibility index (Phi) is 5.96. The number of hydrogen-bond donors (Lipinski definition) is 2. The highest BCUT2D eigenvalue weighted by Gasteiger charge is 2.24. The number of carbonyl (C=O) groups excluding carboxylic acids is 1. The van der Waals surface area contributed by atoms with Gasteiger partial charge in [0.05, 0.1) is 11.6 Å². The number of H-pyrrole nitrogens is 1. The number of aromatic nitrogens is 2. The standard InChI is InChI=1S/C20H16F3N3O3/c1-11-7-13(9-25-19(11)27)20(28)26-17(18-14(22)3-2-6-24-18)12-4-5-16(29-10-21)15(23)8-12/h2-9,17H,10H2,1H3,(H,25,27)(H,26,28)/t17-/m0/s1. The molecule has 0 spiro atoms. The number of halogens is 3. The topological polar surface area (TPSA) is 84.1 Å². The largest absolute Gasteiger partial charge is 0.460 e. The number of rotatable bonds is 6. The van der Waals surface area contributed by atoms with E-state index >= 15 is 0 Å². The van der Waals surface area contributed by atoms with Crippen molar-refractivity contribution < 1.29 is 22.7 Å². The van der Waals surface area contributed by atoms with Gasteiger partial charge in [-0.1, -0.05) is 6.07 Å². The Morgan fingerprint density at radius 1 is 1.24 bits per heavy atom. The molecular formula is C20H16F3N3O3. The van der Waals surface area contributed by atoms with Gasteiger partial charge in [-0.2, -0.15) is 0 Å². The maximum Gasteiger partial charge on any atom is 0.253 e. The second-order valence-electron chi connectivity index (χ2n) is 6.12. The lowest BCUT2D eigenvalue weighted by atomic mass is 10.0. The molecule has 2 N–H and O–H groups in total. The third-order valence-corrected chi connectivity index (χ3v) is 4.19. The Morgan fingerprint density at radius 2 is 2.03 bits per heavy atom. The summed E-state index contributed by atoms with van der Waals surface area (Å²) in [4.78, 5) is 30.6. The zero-order chi connectivity index (χ0) is 21.0. The number of nitrogens with zero attached hydrogens (tertiary/aromatic N) is 1. The van der Waals surface area contributed by atoms with E-state index in [2.05, 4.69) is 20.0 Å². The van der Waals surface area contributed by atoms with Gasteiger partial charge in [-0.05, 0) is 42.8 Å². The van der Waals surface area contributed by atoms with Crippen molar-refractivity contribution in [3.63, 3.8) is 0 Å². The number of aromatic amines is 1. The van der Waals surface area contributed by atoms with Crippen LogP contribution in [-0.2, 0) is 0 Å². The second kappa shape index (κ2) is 8.59. The molecule has 0 aliphatic carbocycles. The van der Waals surface area contributed by atoms with E-state index < -0.39 is 30.4 Å². The lowest BCUT2D eigenvalue weighted by Gasteiger charge is -2.20. The first-order chi connectivity index (χ1) is 13.9. The maximum absolute atomic E-state index is 14.4. The molecular weight excluding hydrogens is 387 g/mol. The van der Waals surface area contributed by atoms with Crippen LogP contribution in [0.1, 0.15) is 33.2 Å². The summed E-state index contributed by atoms with van der Waals surface area (Å²) in [6, 6.07) is 6.30. The van der Waals surface area contributed by atoms with E-state index in [4.69, 9.17) is 0 Å². The number of carbonyl (C=O) groups is 1. The molecule has 0 saturated heterocycles. The molecule has 6 nitrogen and oxygen atoms in total. The Balaban J connectivity index is 2.01. The minimum Gasteiger partial charge on any atom is -0.460 e. The summed E-state index contributed by atoms with van der Waals surface area (Å²) in [6.07, 6.45) is 2.55. The SMILES string of the molecule is Cc1cc(C(=O)N[C@@H](c2ccc(OCF)c(F)c2)c2ncccc2F)c[nH]c1=O. The number of amides is 1. The first-order valence-electron chi connectivity index (χ1n) is 8.49. The van der Waals surface area contributed by atoms with Crippen LogP contribution in [0.2, 0.25) is 0 Å². The first-order valence-corrected chi connectivity index (χ1v) is 8.49. The predicted molar refractivity (Wildman–Crippen MR) is 98.3 cm³/mol. The Hall–Kier alpha value is -3.62. The number of nitrogens with one attached hydrogen (secondary N) is 2. The van der Waals surface area contributed by atoms with Crippen molar-refractivity contribution >= 4 is 5.91 Å². The minimum atomic E-state index is -1.21. The van der Waals surface area contributed by atoms with Gasteiger partial charge in [-0.15, -0.1) is 0 Å². The monoisotopic (exact) mass is 403 g/mol. The molecule has 0 fully saturated rings. The van der Waals surface area contributed by atoms with Crippen LogP contribution in [-0.4, -0.2) is 22.7 Å². The first kappa shape index (κ1) is 20.1. The fraction of sp³-hybridized carbons (Fsp3) is 0.150. The molecule has 2 aromatic heterocycles. The number of aryl methyl sites for hydroxylation is 1. The summed E-state index contributed by atoms with van der Waals surface area (Å²) in [7, 11) is 0. The van der Waals surface area contributed by atoms with Gasteiger partial charge in [0, 0.05) is 18.0 Å². The third kappa shape index (κ3) is 4.45. The lowest BCUT2D eigenvalue weighted by molar-refractivity contribution is 0.0941. The van der Waals surface area contributed by atoms with Gasteiger partial charge in [0.2, 0.25) is 6.86 Å². The fourth-order valence-corrected chi connectivity index (χ4v) is 2.74. The van der Waals surface area contributed by atoms with Crippen LogP contribution in [0.15, 0.2) is 53.6 Å². The van der Waals surface area contributed by atoms with E-state index in [0.29, 0.717) is 5.56 Å². The maximum atomic E-state index is 14.4. The van der Waals surface area contributed by atoms with E-state index in [-0.39, 0.29) is 28.1 Å². The number of alkyl halides is 1. The molecule has 0 bridgehead atoms. The zero-order valence-corrected chi connectivity index (χ0v) is 15.2. The van der Waals surface area contributed by atoms with Gasteiger partial charge in [-0.3, -0.25) is 14.6 Å². The predicted octanol–water partition coefficient (Wildman–Crippen LogP) is 3.18. The van der Waals surface area contributed by atoms with Crippen LogP contribution < -0.4 is 15.6 Å². The Bertz CT molecular complexity index is 1100. The van der Waals surface area contributed by atoms with Crippen LogP contribution in [0.25, 0.3) is 0 Å². The molecule has 9 heteroatoms. The summed E-state index contributed by atoms with van der Waals surface area (Å²) < 4.78 is 45.4. The third-order valence-electron chi connectivity index (χ3n) is 4.19. The highest BCUT2D eigenvalue weighted by Crippen LogP contribution is 2.27. The minimum absolute atomic E-state index is 0.126. The smallest absolute Gasteiger partial charge is 0.253 e. The molecule has 3 rings (SSSR count). The highest BCUT2D eigenvalue weighted by atomic mass is 19.1. The van der Waals surface area contributed by atoms with Crippen molar-refractivity contribution in [2.45, 2.75) is 13.0 Å². The average Bonchev–Trinajstić information content (AvgIpc) is 2.70. The fourth-order valence-electron chi connectivity index (χ4n) is 2.74. The van der Waals surface area contributed by atoms with E-state index in [1.807, 2.05) is 0 Å². The van der Waals surface area contributed by atoms with Crippen LogP contribution >= 0.6 is 0 Å². The van der Waals surface area contributed by atoms with Gasteiger partial charge in [-0.25, -0.2) is 13.2 Å². The molecule has 0 aliphatic heterocycles. The molecule has 0 saturated carbocycles. The van der Waals surface area contributed by atoms with Gasteiger partial charge >= 0.3 is 0 Å². The second-order valence-corrected chi connectivity index (χ2v) is 6.12. The lowest BCUT2D eigenvalue weighted by Crippen LogP contribution is -2.31. The van der Waals surface area contributed by atoms with Crippen LogP contribution in [0.4, 0.5) is 13.2 Å². The zero-order valence-electron chi connectivity index (χ0n) is 15.2. The molecule has 3 aromatic rings. The van der Waals surface area contributed by atoms with Crippen LogP contribution in [0.5, 0.6) is 5.75 Å². The van der Waals surface area contributed by atoms with E-state index in [9.17, 15) is 22.8 Å². The average molecular weight is 403 g/mol. The molecule has 2 heterocycles. The van der Waals surface area contributed by atoms with Gasteiger partial charge < -0.3 is 15.0 Å². The molecule has 0 radical (unpaired) electrons. The van der Waals surface area contributed by atoms with Crippen molar-refractivity contribution in [2.24, 2.45) is 0 Å². The Labute approximate surface area is 163 Å². The molecule has 1 amide bonds. The summed E-state index contributed by atoms with van der Waals surface area (Å²) in [5.41, 5.74) is 0.124. The van der Waals surface area contributed by atoms with Crippen molar-refractivity contribution in [1.29, 1.82) is 0 Å². The summed E-state index contributed by atoms with van der Waals surface area (Å²) in [6.45, 7) is 0.321. The van der Waals surface area contributed by atoms with Crippen LogP contribution in [0.3, 0.4) is 0 Å². The van der Waals surface area contributed by atoms with Crippen LogP contribution in [0, 0.1) is 18.6 Å². The van der Waals surface area contributed by atoms with E-state index in [1.165, 1.54) is 43.6 Å². The van der Waals surface area contributed by atoms with Crippen molar-refractivity contribution in [3.05, 3.63) is 93.2 Å². The molecule has 0 aliphatic rings. The Morgan fingerprint density at radius 3 is 2.69 bits per heavy atom. The normalized spacial score (nSPS) is 11.7. The van der Waals surface area contributed by atoms with Crippen molar-refractivity contribution in [2.75, 3.05) is 6.86 Å². The van der Waals surface area contributed by atoms with E-state index in [1.54, 1.807) is 0 Å². The number of benzene rings is 1. The molecule has 1 aromatic carbocycles. The summed E-state index contributed by atoms with van der Waals surface area (Å²) in [5, 5.41) is 2.59. The quantitative estimate of drug-likeness (QED) is 0.662. The summed E-state index contributed by atoms with van der Waals surface area (Å²) in [5.74, 6) is -2.54. The van der Waals surface area contributed by atoms with Crippen molar-refractivity contribution in [3.8, 4) is 5.75 Å².